The van der Waals surface area contributed by atoms with Gasteiger partial charge in [0.1, 0.15) is 11.3 Å². The molecule has 2 aromatic rings. The van der Waals surface area contributed by atoms with Crippen molar-refractivity contribution in [2.45, 2.75) is 32.2 Å². The summed E-state index contributed by atoms with van der Waals surface area (Å²) in [5.41, 5.74) is 17.9. The second-order valence-corrected chi connectivity index (χ2v) is 5.39. The van der Waals surface area contributed by atoms with Crippen molar-refractivity contribution in [3.05, 3.63) is 39.7 Å². The van der Waals surface area contributed by atoms with Gasteiger partial charge in [0.25, 0.3) is 0 Å². The van der Waals surface area contributed by atoms with Gasteiger partial charge in [0.05, 0.1) is 6.04 Å². The van der Waals surface area contributed by atoms with Crippen LogP contribution in [-0.2, 0) is 0 Å². The Balaban J connectivity index is 2.31. The smallest absolute Gasteiger partial charge is 0.359 e. The highest BCUT2D eigenvalue weighted by Gasteiger charge is 2.17. The normalized spacial score (nSPS) is 12.5. The molecule has 0 saturated heterocycles. The monoisotopic (exact) mass is 303 g/mol. The number of rotatable bonds is 6. The van der Waals surface area contributed by atoms with Gasteiger partial charge < -0.3 is 21.6 Å². The quantitative estimate of drug-likeness (QED) is 0.420. The molecule has 1 aromatic carbocycles. The summed E-state index contributed by atoms with van der Waals surface area (Å²) in [5, 5.41) is 0.713. The summed E-state index contributed by atoms with van der Waals surface area (Å²) in [6.45, 7) is 2.33. The van der Waals surface area contributed by atoms with Gasteiger partial charge in [-0.3, -0.25) is 4.79 Å². The van der Waals surface area contributed by atoms with Gasteiger partial charge in [0.2, 0.25) is 0 Å². The molecule has 1 atom stereocenters. The van der Waals surface area contributed by atoms with E-state index >= 15 is 0 Å². The van der Waals surface area contributed by atoms with Crippen molar-refractivity contribution in [3.63, 3.8) is 0 Å². The number of aryl methyl sites for hydroxylation is 1. The fraction of sp³-hybridized carbons (Fsp3) is 0.375. The molecule has 1 aromatic heterocycles. The summed E-state index contributed by atoms with van der Waals surface area (Å²) >= 11 is 0. The van der Waals surface area contributed by atoms with Crippen molar-refractivity contribution in [3.8, 4) is 0 Å². The first-order valence-corrected chi connectivity index (χ1v) is 7.28. The molecule has 0 spiro atoms. The summed E-state index contributed by atoms with van der Waals surface area (Å²) in [6.07, 6.45) is 2.23. The van der Waals surface area contributed by atoms with E-state index in [0.717, 1.165) is 12.8 Å². The topological polar surface area (TPSA) is 125 Å². The Morgan fingerprint density at radius 2 is 2.05 bits per heavy atom. The van der Waals surface area contributed by atoms with Crippen molar-refractivity contribution < 1.29 is 9.21 Å². The number of fused-ring (bicyclic) bond motifs is 1. The summed E-state index contributed by atoms with van der Waals surface area (Å²) in [4.78, 5) is 23.9. The Bertz CT molecular complexity index is 752. The molecule has 0 bridgehead atoms. The van der Waals surface area contributed by atoms with Crippen molar-refractivity contribution in [1.82, 2.24) is 0 Å². The van der Waals surface area contributed by atoms with E-state index in [-0.39, 0.29) is 11.5 Å². The second kappa shape index (κ2) is 6.72. The maximum Gasteiger partial charge on any atom is 0.359 e. The Kier molecular flexibility index (Phi) is 4.95. The van der Waals surface area contributed by atoms with Gasteiger partial charge in [-0.25, -0.2) is 4.79 Å². The number of nitrogen functional groups attached to an aromatic ring is 1. The third kappa shape index (κ3) is 3.18. The summed E-state index contributed by atoms with van der Waals surface area (Å²) < 4.78 is 5.15. The lowest BCUT2D eigenvalue weighted by atomic mass is 9.98. The number of hydrogen-bond donors (Lipinski definition) is 3. The van der Waals surface area contributed by atoms with Crippen LogP contribution >= 0.6 is 0 Å². The minimum absolute atomic E-state index is 0.0880. The number of carbonyl (C=O) groups excluding carboxylic acids is 1. The fourth-order valence-electron chi connectivity index (χ4n) is 2.38. The van der Waals surface area contributed by atoms with Crippen LogP contribution in [0.15, 0.2) is 27.4 Å². The van der Waals surface area contributed by atoms with E-state index in [1.165, 1.54) is 0 Å². The lowest BCUT2D eigenvalue weighted by Crippen LogP contribution is -2.30. The van der Waals surface area contributed by atoms with Crippen LogP contribution in [0.3, 0.4) is 0 Å². The molecular formula is C16H21N3O3. The van der Waals surface area contributed by atoms with Crippen LogP contribution < -0.4 is 22.8 Å². The molecule has 0 amide bonds. The highest BCUT2D eigenvalue weighted by atomic mass is 16.4. The average molecular weight is 303 g/mol. The molecule has 118 valence electrons. The predicted molar refractivity (Wildman–Crippen MR) is 86.8 cm³/mol. The molecule has 6 heteroatoms. The molecule has 0 aliphatic heterocycles. The first-order valence-electron chi connectivity index (χ1n) is 7.28. The van der Waals surface area contributed by atoms with E-state index in [1.807, 2.05) is 0 Å². The third-order valence-corrected chi connectivity index (χ3v) is 3.80. The Morgan fingerprint density at radius 3 is 2.73 bits per heavy atom. The second-order valence-electron chi connectivity index (χ2n) is 5.39. The van der Waals surface area contributed by atoms with Gasteiger partial charge >= 0.3 is 5.63 Å². The van der Waals surface area contributed by atoms with Crippen LogP contribution in [0.2, 0.25) is 0 Å². The molecule has 0 fully saturated rings. The summed E-state index contributed by atoms with van der Waals surface area (Å²) in [5.74, 6) is -0.170. The van der Waals surface area contributed by atoms with Gasteiger partial charge in [-0.05, 0) is 37.9 Å². The average Bonchev–Trinajstić information content (AvgIpc) is 2.51. The van der Waals surface area contributed by atoms with Gasteiger partial charge in [-0.1, -0.05) is 18.6 Å². The van der Waals surface area contributed by atoms with Crippen LogP contribution in [0, 0.1) is 6.92 Å². The SMILES string of the molecule is Cc1c(N)c(=O)oc2cc(C(=O)[C@@H](N)CCCCN)ccc12. The van der Waals surface area contributed by atoms with Gasteiger partial charge in [0, 0.05) is 10.9 Å². The lowest BCUT2D eigenvalue weighted by molar-refractivity contribution is 0.0956. The number of unbranched alkanes of at least 4 members (excludes halogenated alkanes) is 1. The van der Waals surface area contributed by atoms with E-state index in [0.29, 0.717) is 35.1 Å². The van der Waals surface area contributed by atoms with Crippen LogP contribution in [0.1, 0.15) is 35.2 Å². The summed E-state index contributed by atoms with van der Waals surface area (Å²) in [7, 11) is 0. The molecule has 6 nitrogen and oxygen atoms in total. The number of Topliss-reactive ketones (excluding diaryl/α,β-unsaturated/α-hetero) is 1. The van der Waals surface area contributed by atoms with Crippen molar-refractivity contribution in [2.75, 3.05) is 12.3 Å². The van der Waals surface area contributed by atoms with E-state index < -0.39 is 11.7 Å². The molecule has 0 saturated carbocycles. The molecule has 1 heterocycles. The van der Waals surface area contributed by atoms with E-state index in [1.54, 1.807) is 25.1 Å². The molecule has 0 aliphatic carbocycles. The molecule has 2 rings (SSSR count). The van der Waals surface area contributed by atoms with Crippen LogP contribution in [0.5, 0.6) is 0 Å². The Morgan fingerprint density at radius 1 is 1.32 bits per heavy atom. The number of nitrogens with two attached hydrogens (primary N) is 3. The molecule has 22 heavy (non-hydrogen) atoms. The van der Waals surface area contributed by atoms with E-state index in [4.69, 9.17) is 21.6 Å². The van der Waals surface area contributed by atoms with Gasteiger partial charge in [0.15, 0.2) is 5.78 Å². The number of ketones is 1. The highest BCUT2D eigenvalue weighted by molar-refractivity contribution is 6.02. The Hall–Kier alpha value is -2.18. The number of benzene rings is 1. The highest BCUT2D eigenvalue weighted by Crippen LogP contribution is 2.22. The van der Waals surface area contributed by atoms with Crippen LogP contribution in [0.4, 0.5) is 5.69 Å². The van der Waals surface area contributed by atoms with Crippen molar-refractivity contribution in [2.24, 2.45) is 11.5 Å². The van der Waals surface area contributed by atoms with Gasteiger partial charge in [-0.2, -0.15) is 0 Å². The largest absolute Gasteiger partial charge is 0.421 e. The minimum Gasteiger partial charge on any atom is -0.421 e. The van der Waals surface area contributed by atoms with Crippen LogP contribution in [0.25, 0.3) is 11.0 Å². The number of carbonyl (C=O) groups is 1. The number of hydrogen-bond acceptors (Lipinski definition) is 6. The zero-order valence-corrected chi connectivity index (χ0v) is 12.6. The molecule has 0 aliphatic rings. The van der Waals surface area contributed by atoms with Crippen LogP contribution in [-0.4, -0.2) is 18.4 Å². The first kappa shape index (κ1) is 16.2. The molecule has 0 unspecified atom stereocenters. The Labute approximate surface area is 128 Å². The standard InChI is InChI=1S/C16H21N3O3/c1-9-11-6-5-10(8-13(11)22-16(21)14(9)19)15(20)12(18)4-2-3-7-17/h5-6,8,12H,2-4,7,17-19H2,1H3/t12-/m0/s1. The zero-order valence-electron chi connectivity index (χ0n) is 12.6. The van der Waals surface area contributed by atoms with Crippen molar-refractivity contribution in [1.29, 1.82) is 0 Å². The van der Waals surface area contributed by atoms with Crippen molar-refractivity contribution >= 4 is 22.4 Å². The third-order valence-electron chi connectivity index (χ3n) is 3.80. The number of anilines is 1. The van der Waals surface area contributed by atoms with E-state index in [2.05, 4.69) is 0 Å². The fourth-order valence-corrected chi connectivity index (χ4v) is 2.38. The lowest BCUT2D eigenvalue weighted by Gasteiger charge is -2.11. The first-order chi connectivity index (χ1) is 10.5. The maximum atomic E-state index is 12.3. The van der Waals surface area contributed by atoms with Gasteiger partial charge in [-0.15, -0.1) is 0 Å². The zero-order chi connectivity index (χ0) is 16.3. The summed E-state index contributed by atoms with van der Waals surface area (Å²) in [6, 6.07) is 4.38. The van der Waals surface area contributed by atoms with E-state index in [9.17, 15) is 9.59 Å². The maximum absolute atomic E-state index is 12.3. The molecule has 0 radical (unpaired) electrons. The molecular weight excluding hydrogens is 282 g/mol. The minimum atomic E-state index is -0.596. The predicted octanol–water partition coefficient (Wildman–Crippen LogP) is 1.32. The molecule has 6 N–H and O–H groups in total.